The molecule has 0 spiro atoms. The fraction of sp³-hybridized carbons (Fsp3) is 0.500. The summed E-state index contributed by atoms with van der Waals surface area (Å²) in [6, 6.07) is 15.5. The van der Waals surface area contributed by atoms with E-state index in [1.807, 2.05) is 30.9 Å². The molecule has 1 amide bonds. The average Bonchev–Trinajstić information content (AvgIpc) is 3.14. The summed E-state index contributed by atoms with van der Waals surface area (Å²) in [4.78, 5) is 17.2. The Morgan fingerprint density at radius 2 is 1.87 bits per heavy atom. The molecule has 4 nitrogen and oxygen atoms in total. The first-order valence-electron chi connectivity index (χ1n) is 11.2. The van der Waals surface area contributed by atoms with E-state index in [0.717, 1.165) is 18.7 Å². The average molecular weight is 427 g/mol. The van der Waals surface area contributed by atoms with Crippen LogP contribution in [0.4, 0.5) is 4.39 Å². The molecule has 168 valence electrons. The van der Waals surface area contributed by atoms with Gasteiger partial charge in [-0.05, 0) is 30.0 Å². The van der Waals surface area contributed by atoms with E-state index in [9.17, 15) is 9.18 Å². The number of methoxy groups -OCH3 is 1. The Kier molecular flexibility index (Phi) is 8.22. The fourth-order valence-corrected chi connectivity index (χ4v) is 4.64. The predicted octanol–water partition coefficient (Wildman–Crippen LogP) is 4.48. The van der Waals surface area contributed by atoms with Gasteiger partial charge in [0.25, 0.3) is 0 Å². The molecule has 1 aliphatic rings. The highest BCUT2D eigenvalue weighted by Gasteiger charge is 2.36. The zero-order valence-corrected chi connectivity index (χ0v) is 19.2. The molecule has 5 heteroatoms. The van der Waals surface area contributed by atoms with Gasteiger partial charge in [-0.3, -0.25) is 9.69 Å². The van der Waals surface area contributed by atoms with Crippen LogP contribution in [0, 0.1) is 24.6 Å². The van der Waals surface area contributed by atoms with Crippen LogP contribution in [0.5, 0.6) is 0 Å². The van der Waals surface area contributed by atoms with Gasteiger partial charge in [0.15, 0.2) is 0 Å². The van der Waals surface area contributed by atoms with Gasteiger partial charge < -0.3 is 9.64 Å². The number of amides is 1. The van der Waals surface area contributed by atoms with E-state index < -0.39 is 0 Å². The number of hydrogen-bond donors (Lipinski definition) is 0. The number of carbonyl (C=O) groups excluding carboxylic acids is 1. The summed E-state index contributed by atoms with van der Waals surface area (Å²) in [5.41, 5.74) is 3.32. The van der Waals surface area contributed by atoms with Gasteiger partial charge in [0.1, 0.15) is 5.82 Å². The number of carbonyl (C=O) groups is 1. The zero-order chi connectivity index (χ0) is 22.4. The molecule has 0 radical (unpaired) electrons. The third kappa shape index (κ3) is 5.92. The van der Waals surface area contributed by atoms with E-state index in [1.165, 1.54) is 17.2 Å². The first kappa shape index (κ1) is 23.4. The van der Waals surface area contributed by atoms with Crippen molar-refractivity contribution in [2.45, 2.75) is 33.2 Å². The molecule has 2 unspecified atom stereocenters. The van der Waals surface area contributed by atoms with Crippen LogP contribution in [0.15, 0.2) is 48.5 Å². The molecular weight excluding hydrogens is 391 g/mol. The van der Waals surface area contributed by atoms with E-state index in [1.54, 1.807) is 13.2 Å². The SMILES string of the molecule is COCCN(CC1CN(Cc2ccccc2F)CC1c1ccccc1C)C(=O)C(C)C. The summed E-state index contributed by atoms with van der Waals surface area (Å²) in [6.07, 6.45) is 0. The molecule has 31 heavy (non-hydrogen) atoms. The number of nitrogens with zero attached hydrogens (tertiary/aromatic N) is 2. The Labute approximate surface area is 186 Å². The van der Waals surface area contributed by atoms with Crippen molar-refractivity contribution in [3.05, 3.63) is 71.0 Å². The summed E-state index contributed by atoms with van der Waals surface area (Å²) in [7, 11) is 1.67. The molecule has 0 saturated carbocycles. The molecule has 1 heterocycles. The quantitative estimate of drug-likeness (QED) is 0.593. The fourth-order valence-electron chi connectivity index (χ4n) is 4.64. The first-order chi connectivity index (χ1) is 14.9. The van der Waals surface area contributed by atoms with Crippen molar-refractivity contribution in [3.63, 3.8) is 0 Å². The van der Waals surface area contributed by atoms with E-state index in [2.05, 4.69) is 36.1 Å². The highest BCUT2D eigenvalue weighted by Crippen LogP contribution is 2.36. The molecular formula is C26H35FN2O2. The predicted molar refractivity (Wildman–Crippen MR) is 122 cm³/mol. The highest BCUT2D eigenvalue weighted by molar-refractivity contribution is 5.78. The number of aryl methyl sites for hydroxylation is 1. The van der Waals surface area contributed by atoms with Crippen LogP contribution in [0.1, 0.15) is 36.5 Å². The largest absolute Gasteiger partial charge is 0.383 e. The van der Waals surface area contributed by atoms with E-state index in [-0.39, 0.29) is 23.6 Å². The van der Waals surface area contributed by atoms with Crippen molar-refractivity contribution < 1.29 is 13.9 Å². The van der Waals surface area contributed by atoms with Crippen molar-refractivity contribution >= 4 is 5.91 Å². The molecule has 2 aromatic carbocycles. The van der Waals surface area contributed by atoms with Gasteiger partial charge >= 0.3 is 0 Å². The second-order valence-corrected chi connectivity index (χ2v) is 8.94. The van der Waals surface area contributed by atoms with Crippen LogP contribution < -0.4 is 0 Å². The zero-order valence-electron chi connectivity index (χ0n) is 19.2. The monoisotopic (exact) mass is 426 g/mol. The van der Waals surface area contributed by atoms with Gasteiger partial charge in [-0.1, -0.05) is 56.3 Å². The van der Waals surface area contributed by atoms with Crippen molar-refractivity contribution in [2.75, 3.05) is 39.9 Å². The van der Waals surface area contributed by atoms with Crippen LogP contribution in [-0.2, 0) is 16.1 Å². The van der Waals surface area contributed by atoms with Crippen LogP contribution >= 0.6 is 0 Å². The van der Waals surface area contributed by atoms with Crippen molar-refractivity contribution in [1.82, 2.24) is 9.80 Å². The maximum absolute atomic E-state index is 14.3. The maximum Gasteiger partial charge on any atom is 0.225 e. The Hall–Kier alpha value is -2.24. The third-order valence-corrected chi connectivity index (χ3v) is 6.28. The normalized spacial score (nSPS) is 19.2. The van der Waals surface area contributed by atoms with E-state index in [0.29, 0.717) is 32.2 Å². The summed E-state index contributed by atoms with van der Waals surface area (Å²) in [5.74, 6) is 0.540. The van der Waals surface area contributed by atoms with Gasteiger partial charge in [0, 0.05) is 57.2 Å². The molecule has 2 atom stereocenters. The van der Waals surface area contributed by atoms with Gasteiger partial charge in [-0.2, -0.15) is 0 Å². The molecule has 0 N–H and O–H groups in total. The minimum absolute atomic E-state index is 0.0512. The summed E-state index contributed by atoms with van der Waals surface area (Å²) in [6.45, 7) is 10.1. The molecule has 2 aromatic rings. The molecule has 0 aliphatic carbocycles. The lowest BCUT2D eigenvalue weighted by molar-refractivity contribution is -0.135. The lowest BCUT2D eigenvalue weighted by Crippen LogP contribution is -2.41. The van der Waals surface area contributed by atoms with Gasteiger partial charge in [0.05, 0.1) is 6.61 Å². The molecule has 3 rings (SSSR count). The summed E-state index contributed by atoms with van der Waals surface area (Å²) < 4.78 is 19.5. The standard InChI is InChI=1S/C26H35FN2O2/c1-19(2)26(30)29(13-14-31-4)17-22-16-28(15-21-10-6-8-12-25(21)27)18-24(22)23-11-7-5-9-20(23)3/h5-12,19,22,24H,13-18H2,1-4H3. The van der Waals surface area contributed by atoms with Crippen molar-refractivity contribution in [3.8, 4) is 0 Å². The molecule has 0 aromatic heterocycles. The second-order valence-electron chi connectivity index (χ2n) is 8.94. The van der Waals surface area contributed by atoms with Gasteiger partial charge in [-0.25, -0.2) is 4.39 Å². The minimum Gasteiger partial charge on any atom is -0.383 e. The summed E-state index contributed by atoms with van der Waals surface area (Å²) >= 11 is 0. The number of halogens is 1. The molecule has 1 fully saturated rings. The minimum atomic E-state index is -0.157. The van der Waals surface area contributed by atoms with E-state index >= 15 is 0 Å². The molecule has 1 saturated heterocycles. The Balaban J connectivity index is 1.84. The number of ether oxygens (including phenoxy) is 1. The Morgan fingerprint density at radius 1 is 1.16 bits per heavy atom. The van der Waals surface area contributed by atoms with Crippen LogP contribution in [0.2, 0.25) is 0 Å². The smallest absolute Gasteiger partial charge is 0.225 e. The van der Waals surface area contributed by atoms with Crippen molar-refractivity contribution in [2.24, 2.45) is 11.8 Å². The Bertz CT molecular complexity index is 870. The van der Waals surface area contributed by atoms with E-state index in [4.69, 9.17) is 4.74 Å². The molecule has 1 aliphatic heterocycles. The van der Waals surface area contributed by atoms with Crippen LogP contribution in [0.25, 0.3) is 0 Å². The molecule has 0 bridgehead atoms. The third-order valence-electron chi connectivity index (χ3n) is 6.28. The summed E-state index contributed by atoms with van der Waals surface area (Å²) in [5, 5.41) is 0. The van der Waals surface area contributed by atoms with Crippen molar-refractivity contribution in [1.29, 1.82) is 0 Å². The second kappa shape index (κ2) is 10.9. The highest BCUT2D eigenvalue weighted by atomic mass is 19.1. The lowest BCUT2D eigenvalue weighted by atomic mass is 9.86. The topological polar surface area (TPSA) is 32.8 Å². The maximum atomic E-state index is 14.3. The number of rotatable bonds is 9. The van der Waals surface area contributed by atoms with Crippen LogP contribution in [0.3, 0.4) is 0 Å². The van der Waals surface area contributed by atoms with Crippen LogP contribution in [-0.4, -0.2) is 55.6 Å². The number of hydrogen-bond acceptors (Lipinski definition) is 3. The number of likely N-dealkylation sites (tertiary alicyclic amines) is 1. The lowest BCUT2D eigenvalue weighted by Gasteiger charge is -2.30. The van der Waals surface area contributed by atoms with Gasteiger partial charge in [0.2, 0.25) is 5.91 Å². The Morgan fingerprint density at radius 3 is 2.55 bits per heavy atom. The number of benzene rings is 2. The first-order valence-corrected chi connectivity index (χ1v) is 11.2. The van der Waals surface area contributed by atoms with Gasteiger partial charge in [-0.15, -0.1) is 0 Å².